The number of hydrogen-bond donors (Lipinski definition) is 3. The van der Waals surface area contributed by atoms with Crippen molar-refractivity contribution in [1.29, 1.82) is 0 Å². The van der Waals surface area contributed by atoms with Crippen molar-refractivity contribution < 1.29 is 9.90 Å². The summed E-state index contributed by atoms with van der Waals surface area (Å²) >= 11 is 0. The maximum Gasteiger partial charge on any atom is 0.251 e. The maximum atomic E-state index is 11.6. The van der Waals surface area contributed by atoms with E-state index in [2.05, 4.69) is 5.32 Å². The number of anilines is 1. The Kier molecular flexibility index (Phi) is 3.66. The summed E-state index contributed by atoms with van der Waals surface area (Å²) in [6, 6.07) is 2.84. The van der Waals surface area contributed by atoms with E-state index in [1.165, 1.54) is 22.9 Å². The number of amides is 1. The highest BCUT2D eigenvalue weighted by molar-refractivity contribution is 5.75. The Morgan fingerprint density at radius 2 is 2.22 bits per heavy atom. The van der Waals surface area contributed by atoms with Gasteiger partial charge in [-0.05, 0) is 24.8 Å². The Hall–Kier alpha value is -1.82. The number of carbonyl (C=O) groups excluding carboxylic acids is 1. The monoisotopic (exact) mass is 251 g/mol. The number of aliphatic hydroxyl groups excluding tert-OH is 1. The van der Waals surface area contributed by atoms with Gasteiger partial charge >= 0.3 is 0 Å². The largest absolute Gasteiger partial charge is 0.398 e. The van der Waals surface area contributed by atoms with Gasteiger partial charge in [0.15, 0.2) is 0 Å². The van der Waals surface area contributed by atoms with Crippen LogP contribution in [-0.4, -0.2) is 28.2 Å². The van der Waals surface area contributed by atoms with Crippen LogP contribution >= 0.6 is 0 Å². The van der Waals surface area contributed by atoms with E-state index in [4.69, 9.17) is 10.8 Å². The van der Waals surface area contributed by atoms with E-state index in [0.717, 1.165) is 12.8 Å². The summed E-state index contributed by atoms with van der Waals surface area (Å²) < 4.78 is 1.28. The molecule has 1 aromatic heterocycles. The first kappa shape index (κ1) is 12.6. The third-order valence-corrected chi connectivity index (χ3v) is 3.12. The van der Waals surface area contributed by atoms with Gasteiger partial charge in [0.1, 0.15) is 6.54 Å². The normalized spacial score (nSPS) is 22.3. The number of aromatic nitrogens is 1. The van der Waals surface area contributed by atoms with E-state index in [1.807, 2.05) is 0 Å². The number of nitrogens with two attached hydrogens (primary N) is 1. The number of pyridine rings is 1. The van der Waals surface area contributed by atoms with E-state index in [0.29, 0.717) is 18.2 Å². The zero-order chi connectivity index (χ0) is 13.1. The summed E-state index contributed by atoms with van der Waals surface area (Å²) in [4.78, 5) is 23.1. The van der Waals surface area contributed by atoms with Crippen LogP contribution in [0.5, 0.6) is 0 Å². The van der Waals surface area contributed by atoms with Crippen LogP contribution in [-0.2, 0) is 11.3 Å². The molecule has 6 nitrogen and oxygen atoms in total. The summed E-state index contributed by atoms with van der Waals surface area (Å²) in [5.41, 5.74) is 5.75. The molecule has 2 rings (SSSR count). The van der Waals surface area contributed by atoms with Gasteiger partial charge in [0.05, 0.1) is 6.10 Å². The van der Waals surface area contributed by atoms with Crippen molar-refractivity contribution in [2.45, 2.75) is 25.5 Å². The lowest BCUT2D eigenvalue weighted by molar-refractivity contribution is -0.122. The molecule has 0 atom stereocenters. The summed E-state index contributed by atoms with van der Waals surface area (Å²) in [7, 11) is 0. The van der Waals surface area contributed by atoms with Crippen LogP contribution in [0.1, 0.15) is 12.8 Å². The fourth-order valence-electron chi connectivity index (χ4n) is 2.01. The predicted octanol–water partition coefficient (Wildman–Crippen LogP) is -0.682. The maximum absolute atomic E-state index is 11.6. The van der Waals surface area contributed by atoms with Gasteiger partial charge in [-0.1, -0.05) is 0 Å². The van der Waals surface area contributed by atoms with Gasteiger partial charge < -0.3 is 20.7 Å². The highest BCUT2D eigenvalue weighted by Gasteiger charge is 2.27. The molecule has 0 spiro atoms. The summed E-state index contributed by atoms with van der Waals surface area (Å²) in [6.45, 7) is 0.520. The van der Waals surface area contributed by atoms with Crippen LogP contribution in [0.3, 0.4) is 0 Å². The van der Waals surface area contributed by atoms with Crippen molar-refractivity contribution >= 4 is 11.6 Å². The molecule has 0 aliphatic heterocycles. The van der Waals surface area contributed by atoms with Crippen molar-refractivity contribution in [3.05, 3.63) is 28.7 Å². The molecular weight excluding hydrogens is 234 g/mol. The van der Waals surface area contributed by atoms with E-state index < -0.39 is 0 Å². The van der Waals surface area contributed by atoms with Gasteiger partial charge in [0.25, 0.3) is 5.56 Å². The molecule has 1 aliphatic carbocycles. The molecule has 1 heterocycles. The average molecular weight is 251 g/mol. The molecule has 1 aliphatic rings. The smallest absolute Gasteiger partial charge is 0.251 e. The molecule has 1 saturated carbocycles. The molecule has 0 unspecified atom stereocenters. The molecule has 1 fully saturated rings. The fraction of sp³-hybridized carbons (Fsp3) is 0.500. The van der Waals surface area contributed by atoms with Crippen molar-refractivity contribution in [1.82, 2.24) is 9.88 Å². The minimum Gasteiger partial charge on any atom is -0.398 e. The third kappa shape index (κ3) is 3.10. The first-order chi connectivity index (χ1) is 8.54. The second-order valence-corrected chi connectivity index (χ2v) is 4.72. The standard InChI is InChI=1S/C12H17N3O3/c13-9-1-2-12(18)15(6-9)7-11(17)14-5-8-3-10(16)4-8/h1-2,6,8,10,16H,3-5,7,13H2,(H,14,17). The molecule has 0 bridgehead atoms. The van der Waals surface area contributed by atoms with E-state index in [1.54, 1.807) is 0 Å². The number of nitrogen functional groups attached to an aromatic ring is 1. The SMILES string of the molecule is Nc1ccc(=O)n(CC(=O)NCC2CC(O)C2)c1. The van der Waals surface area contributed by atoms with Gasteiger partial charge in [0.2, 0.25) is 5.91 Å². The number of nitrogens with zero attached hydrogens (tertiary/aromatic N) is 1. The van der Waals surface area contributed by atoms with Gasteiger partial charge in [0, 0.05) is 24.5 Å². The van der Waals surface area contributed by atoms with Crippen molar-refractivity contribution in [2.24, 2.45) is 5.92 Å². The molecular formula is C12H17N3O3. The minimum atomic E-state index is -0.251. The average Bonchev–Trinajstić information content (AvgIpc) is 2.28. The number of hydrogen-bond acceptors (Lipinski definition) is 4. The Bertz CT molecular complexity index is 492. The molecule has 98 valence electrons. The molecule has 1 amide bonds. The topological polar surface area (TPSA) is 97.4 Å². The van der Waals surface area contributed by atoms with Crippen LogP contribution < -0.4 is 16.6 Å². The van der Waals surface area contributed by atoms with E-state index >= 15 is 0 Å². The predicted molar refractivity (Wildman–Crippen MR) is 66.9 cm³/mol. The number of aliphatic hydroxyl groups is 1. The Morgan fingerprint density at radius 1 is 1.50 bits per heavy atom. The fourth-order valence-corrected chi connectivity index (χ4v) is 2.01. The van der Waals surface area contributed by atoms with Crippen LogP contribution in [0.2, 0.25) is 0 Å². The molecule has 0 saturated heterocycles. The first-order valence-corrected chi connectivity index (χ1v) is 5.95. The Morgan fingerprint density at radius 3 is 2.89 bits per heavy atom. The highest BCUT2D eigenvalue weighted by Crippen LogP contribution is 2.25. The summed E-state index contributed by atoms with van der Waals surface area (Å²) in [6.07, 6.45) is 2.70. The van der Waals surface area contributed by atoms with Crippen LogP contribution in [0.15, 0.2) is 23.1 Å². The van der Waals surface area contributed by atoms with Gasteiger partial charge in [-0.3, -0.25) is 9.59 Å². The highest BCUT2D eigenvalue weighted by atomic mass is 16.3. The molecule has 4 N–H and O–H groups in total. The Labute approximate surface area is 104 Å². The molecule has 6 heteroatoms. The molecule has 18 heavy (non-hydrogen) atoms. The lowest BCUT2D eigenvalue weighted by Crippen LogP contribution is -2.40. The molecule has 1 aromatic rings. The Balaban J connectivity index is 1.83. The second kappa shape index (κ2) is 5.22. The summed E-state index contributed by atoms with van der Waals surface area (Å²) in [5, 5.41) is 11.9. The zero-order valence-corrected chi connectivity index (χ0v) is 10.0. The third-order valence-electron chi connectivity index (χ3n) is 3.12. The molecule has 0 aromatic carbocycles. The lowest BCUT2D eigenvalue weighted by Gasteiger charge is -2.31. The number of rotatable bonds is 4. The van der Waals surface area contributed by atoms with Crippen LogP contribution in [0.4, 0.5) is 5.69 Å². The van der Waals surface area contributed by atoms with Gasteiger partial charge in [-0.2, -0.15) is 0 Å². The molecule has 0 radical (unpaired) electrons. The first-order valence-electron chi connectivity index (χ1n) is 5.95. The number of carbonyl (C=O) groups is 1. The van der Waals surface area contributed by atoms with Crippen LogP contribution in [0.25, 0.3) is 0 Å². The quantitative estimate of drug-likeness (QED) is 0.660. The zero-order valence-electron chi connectivity index (χ0n) is 10.0. The van der Waals surface area contributed by atoms with E-state index in [9.17, 15) is 9.59 Å². The summed E-state index contributed by atoms with van der Waals surface area (Å²) in [5.74, 6) is 0.130. The van der Waals surface area contributed by atoms with Crippen molar-refractivity contribution in [2.75, 3.05) is 12.3 Å². The minimum absolute atomic E-state index is 0.0286. The number of nitrogens with one attached hydrogen (secondary N) is 1. The second-order valence-electron chi connectivity index (χ2n) is 4.72. The lowest BCUT2D eigenvalue weighted by atomic mass is 9.82. The van der Waals surface area contributed by atoms with Crippen molar-refractivity contribution in [3.8, 4) is 0 Å². The van der Waals surface area contributed by atoms with Crippen LogP contribution in [0, 0.1) is 5.92 Å². The van der Waals surface area contributed by atoms with Crippen molar-refractivity contribution in [3.63, 3.8) is 0 Å². The van der Waals surface area contributed by atoms with Gasteiger partial charge in [-0.25, -0.2) is 0 Å². The van der Waals surface area contributed by atoms with Gasteiger partial charge in [-0.15, -0.1) is 0 Å². The van der Waals surface area contributed by atoms with E-state index in [-0.39, 0.29) is 24.1 Å².